The summed E-state index contributed by atoms with van der Waals surface area (Å²) in [6, 6.07) is 10.1. The van der Waals surface area contributed by atoms with Crippen LogP contribution in [0, 0.1) is 17.8 Å². The number of Topliss-reactive ketones (excluding diaryl/α,β-unsaturated/α-hetero) is 1. The Balaban J connectivity index is 1.53. The minimum Gasteiger partial charge on any atom is -0.374 e. The van der Waals surface area contributed by atoms with Crippen LogP contribution < -0.4 is 5.73 Å². The number of benzene rings is 1. The molecule has 5 atom stereocenters. The van der Waals surface area contributed by atoms with Crippen LogP contribution in [0.1, 0.15) is 51.0 Å². The van der Waals surface area contributed by atoms with E-state index in [1.807, 2.05) is 6.07 Å². The topological polar surface area (TPSA) is 52.3 Å². The molecule has 23 heavy (non-hydrogen) atoms. The van der Waals surface area contributed by atoms with Gasteiger partial charge in [0.1, 0.15) is 5.78 Å². The summed E-state index contributed by atoms with van der Waals surface area (Å²) in [6.45, 7) is 2.32. The highest BCUT2D eigenvalue weighted by molar-refractivity contribution is 5.81. The highest BCUT2D eigenvalue weighted by Gasteiger charge is 2.41. The highest BCUT2D eigenvalue weighted by Crippen LogP contribution is 2.48. The van der Waals surface area contributed by atoms with Gasteiger partial charge in [-0.25, -0.2) is 0 Å². The molecule has 0 aliphatic heterocycles. The molecule has 0 aromatic heterocycles. The molecule has 0 saturated heterocycles. The molecule has 0 heterocycles. The third-order valence-corrected chi connectivity index (χ3v) is 5.92. The maximum Gasteiger partial charge on any atom is 0.146 e. The van der Waals surface area contributed by atoms with Crippen LogP contribution in [0.3, 0.4) is 0 Å². The van der Waals surface area contributed by atoms with Crippen LogP contribution >= 0.6 is 0 Å². The Hall–Kier alpha value is -1.19. The SMILES string of the molecule is CC(=O)C(N)CC1CCC2CCC(OCc3ccccc3)CC21. The second-order valence-electron chi connectivity index (χ2n) is 7.45. The van der Waals surface area contributed by atoms with Gasteiger partial charge in [-0.1, -0.05) is 30.3 Å². The van der Waals surface area contributed by atoms with E-state index in [4.69, 9.17) is 10.5 Å². The summed E-state index contributed by atoms with van der Waals surface area (Å²) in [7, 11) is 0. The van der Waals surface area contributed by atoms with Crippen molar-refractivity contribution in [2.75, 3.05) is 0 Å². The molecule has 0 bridgehead atoms. The molecular formula is C20H29NO2. The molecule has 0 radical (unpaired) electrons. The molecule has 0 amide bonds. The van der Waals surface area contributed by atoms with Gasteiger partial charge in [-0.05, 0) is 68.8 Å². The Morgan fingerprint density at radius 2 is 1.96 bits per heavy atom. The number of hydrogen-bond acceptors (Lipinski definition) is 3. The lowest BCUT2D eigenvalue weighted by Gasteiger charge is -2.35. The number of fused-ring (bicyclic) bond motifs is 1. The van der Waals surface area contributed by atoms with Gasteiger partial charge in [-0.15, -0.1) is 0 Å². The lowest BCUT2D eigenvalue weighted by molar-refractivity contribution is -0.118. The van der Waals surface area contributed by atoms with Gasteiger partial charge in [0.2, 0.25) is 0 Å². The molecule has 126 valence electrons. The summed E-state index contributed by atoms with van der Waals surface area (Å²) in [6.07, 6.45) is 7.38. The standard InChI is InChI=1S/C20H29NO2/c1-14(22)20(21)11-17-8-7-16-9-10-18(12-19(16)17)23-13-15-5-3-2-4-6-15/h2-6,16-20H,7-13,21H2,1H3. The van der Waals surface area contributed by atoms with Gasteiger partial charge in [-0.3, -0.25) is 4.79 Å². The second-order valence-corrected chi connectivity index (χ2v) is 7.45. The summed E-state index contributed by atoms with van der Waals surface area (Å²) in [5, 5.41) is 0. The normalized spacial score (nSPS) is 31.6. The van der Waals surface area contributed by atoms with Crippen molar-refractivity contribution in [1.29, 1.82) is 0 Å². The zero-order chi connectivity index (χ0) is 16.2. The Labute approximate surface area is 139 Å². The van der Waals surface area contributed by atoms with E-state index >= 15 is 0 Å². The van der Waals surface area contributed by atoms with E-state index < -0.39 is 0 Å². The van der Waals surface area contributed by atoms with Gasteiger partial charge in [0.05, 0.1) is 18.8 Å². The molecule has 2 N–H and O–H groups in total. The van der Waals surface area contributed by atoms with Gasteiger partial charge >= 0.3 is 0 Å². The number of ketones is 1. The van der Waals surface area contributed by atoms with Gasteiger partial charge in [0.15, 0.2) is 0 Å². The van der Waals surface area contributed by atoms with Crippen molar-refractivity contribution >= 4 is 5.78 Å². The lowest BCUT2D eigenvalue weighted by Crippen LogP contribution is -2.35. The Morgan fingerprint density at radius 3 is 2.70 bits per heavy atom. The van der Waals surface area contributed by atoms with Crippen LogP contribution in [0.5, 0.6) is 0 Å². The Morgan fingerprint density at radius 1 is 1.22 bits per heavy atom. The second kappa shape index (κ2) is 7.59. The lowest BCUT2D eigenvalue weighted by atomic mass is 9.75. The van der Waals surface area contributed by atoms with Crippen molar-refractivity contribution in [1.82, 2.24) is 0 Å². The maximum absolute atomic E-state index is 11.5. The van der Waals surface area contributed by atoms with Gasteiger partial charge < -0.3 is 10.5 Å². The predicted molar refractivity (Wildman–Crippen MR) is 91.8 cm³/mol. The fourth-order valence-electron chi connectivity index (χ4n) is 4.53. The first-order valence-corrected chi connectivity index (χ1v) is 9.05. The van der Waals surface area contributed by atoms with Crippen LogP contribution in [0.25, 0.3) is 0 Å². The molecule has 5 unspecified atom stereocenters. The van der Waals surface area contributed by atoms with Crippen LogP contribution in [-0.4, -0.2) is 17.9 Å². The summed E-state index contributed by atoms with van der Waals surface area (Å²) in [4.78, 5) is 11.5. The quantitative estimate of drug-likeness (QED) is 0.871. The molecule has 2 saturated carbocycles. The Kier molecular flexibility index (Phi) is 5.50. The first-order valence-electron chi connectivity index (χ1n) is 9.05. The molecular weight excluding hydrogens is 286 g/mol. The molecule has 2 fully saturated rings. The first kappa shape index (κ1) is 16.7. The maximum atomic E-state index is 11.5. The average Bonchev–Trinajstić information content (AvgIpc) is 2.96. The largest absolute Gasteiger partial charge is 0.374 e. The fraction of sp³-hybridized carbons (Fsp3) is 0.650. The number of rotatable bonds is 6. The minimum atomic E-state index is -0.274. The van der Waals surface area contributed by atoms with E-state index in [9.17, 15) is 4.79 Å². The zero-order valence-electron chi connectivity index (χ0n) is 14.1. The molecule has 3 rings (SSSR count). The number of hydrogen-bond donors (Lipinski definition) is 1. The molecule has 2 aliphatic carbocycles. The van der Waals surface area contributed by atoms with E-state index in [2.05, 4.69) is 24.3 Å². The van der Waals surface area contributed by atoms with E-state index in [0.717, 1.165) is 18.8 Å². The van der Waals surface area contributed by atoms with Crippen LogP contribution in [0.2, 0.25) is 0 Å². The predicted octanol–water partition coefficient (Wildman–Crippen LogP) is 3.70. The van der Waals surface area contributed by atoms with Crippen molar-refractivity contribution in [2.24, 2.45) is 23.5 Å². The summed E-state index contributed by atoms with van der Waals surface area (Å²) >= 11 is 0. The number of carbonyl (C=O) groups excluding carboxylic acids is 1. The summed E-state index contributed by atoms with van der Waals surface area (Å²) < 4.78 is 6.18. The van der Waals surface area contributed by atoms with E-state index in [0.29, 0.717) is 24.5 Å². The fourth-order valence-corrected chi connectivity index (χ4v) is 4.53. The molecule has 1 aromatic carbocycles. The Bertz CT molecular complexity index is 516. The smallest absolute Gasteiger partial charge is 0.146 e. The van der Waals surface area contributed by atoms with Crippen LogP contribution in [0.4, 0.5) is 0 Å². The van der Waals surface area contributed by atoms with E-state index in [-0.39, 0.29) is 11.8 Å². The van der Waals surface area contributed by atoms with Crippen molar-refractivity contribution in [2.45, 2.75) is 64.2 Å². The van der Waals surface area contributed by atoms with Crippen LogP contribution in [0.15, 0.2) is 30.3 Å². The van der Waals surface area contributed by atoms with Gasteiger partial charge in [-0.2, -0.15) is 0 Å². The van der Waals surface area contributed by atoms with Crippen LogP contribution in [-0.2, 0) is 16.1 Å². The number of carbonyl (C=O) groups is 1. The van der Waals surface area contributed by atoms with Crippen molar-refractivity contribution in [3.8, 4) is 0 Å². The highest BCUT2D eigenvalue weighted by atomic mass is 16.5. The third kappa shape index (κ3) is 4.21. The van der Waals surface area contributed by atoms with Crippen molar-refractivity contribution < 1.29 is 9.53 Å². The van der Waals surface area contributed by atoms with Gasteiger partial charge in [0, 0.05) is 0 Å². The molecule has 0 spiro atoms. The van der Waals surface area contributed by atoms with Crippen molar-refractivity contribution in [3.63, 3.8) is 0 Å². The van der Waals surface area contributed by atoms with E-state index in [1.54, 1.807) is 6.92 Å². The zero-order valence-corrected chi connectivity index (χ0v) is 14.1. The van der Waals surface area contributed by atoms with Gasteiger partial charge in [0.25, 0.3) is 0 Å². The number of nitrogens with two attached hydrogens (primary N) is 1. The van der Waals surface area contributed by atoms with E-state index in [1.165, 1.54) is 31.2 Å². The molecule has 3 nitrogen and oxygen atoms in total. The average molecular weight is 315 g/mol. The van der Waals surface area contributed by atoms with Crippen molar-refractivity contribution in [3.05, 3.63) is 35.9 Å². The minimum absolute atomic E-state index is 0.126. The molecule has 2 aliphatic rings. The summed E-state index contributed by atoms with van der Waals surface area (Å²) in [5.74, 6) is 2.27. The molecule has 1 aromatic rings. The third-order valence-electron chi connectivity index (χ3n) is 5.92. The number of ether oxygens (including phenoxy) is 1. The first-order chi connectivity index (χ1) is 11.1. The summed E-state index contributed by atoms with van der Waals surface area (Å²) in [5.41, 5.74) is 7.25. The molecule has 3 heteroatoms. The monoisotopic (exact) mass is 315 g/mol.